The second kappa shape index (κ2) is 11.6. The smallest absolute Gasteiger partial charge is 0.302 e. The Kier molecular flexibility index (Phi) is 10.5. The van der Waals surface area contributed by atoms with E-state index in [1.807, 2.05) is 13.8 Å². The van der Waals surface area contributed by atoms with Gasteiger partial charge >= 0.3 is 11.9 Å². The van der Waals surface area contributed by atoms with Crippen LogP contribution < -0.4 is 0 Å². The molecule has 0 heterocycles. The first-order valence-electron chi connectivity index (χ1n) is 11.0. The number of ether oxygens (including phenoxy) is 4. The molecule has 1 aliphatic carbocycles. The minimum absolute atomic E-state index is 0.0525. The van der Waals surface area contributed by atoms with Crippen molar-refractivity contribution in [2.75, 3.05) is 19.8 Å². The van der Waals surface area contributed by atoms with Gasteiger partial charge in [0.2, 0.25) is 0 Å². The van der Waals surface area contributed by atoms with Crippen LogP contribution in [0.25, 0.3) is 0 Å². The zero-order chi connectivity index (χ0) is 23.1. The SMILES string of the molecule is CCOC(C)O[C@H]1C[C@@H](O[Si](C)(C)C(C)(C)C)[C@H](CCOC(C)=O)[C@@H]1COC(C)=O. The standard InChI is InChI=1S/C22H42O7Si/c1-10-25-17(4)28-20-13-21(29-30(8,9)22(5,6)7)18(11-12-26-15(2)23)19(20)14-27-16(3)24/h17-21H,10-14H2,1-9H3/t17?,18-,19+,20+,21-/m1/s1. The van der Waals surface area contributed by atoms with Crippen molar-refractivity contribution in [1.29, 1.82) is 0 Å². The van der Waals surface area contributed by atoms with Crippen molar-refractivity contribution in [3.8, 4) is 0 Å². The summed E-state index contributed by atoms with van der Waals surface area (Å²) in [4.78, 5) is 22.8. The van der Waals surface area contributed by atoms with Crippen molar-refractivity contribution in [3.63, 3.8) is 0 Å². The second-order valence-corrected chi connectivity index (χ2v) is 14.4. The van der Waals surface area contributed by atoms with Crippen LogP contribution in [0.2, 0.25) is 18.1 Å². The van der Waals surface area contributed by atoms with Crippen LogP contribution in [0.3, 0.4) is 0 Å². The molecule has 30 heavy (non-hydrogen) atoms. The molecule has 0 aliphatic heterocycles. The van der Waals surface area contributed by atoms with E-state index in [4.69, 9.17) is 23.4 Å². The number of hydrogen-bond acceptors (Lipinski definition) is 7. The molecule has 0 aromatic rings. The lowest BCUT2D eigenvalue weighted by molar-refractivity contribution is -0.173. The molecule has 8 heteroatoms. The molecule has 0 amide bonds. The molecule has 0 aromatic carbocycles. The van der Waals surface area contributed by atoms with Crippen molar-refractivity contribution in [3.05, 3.63) is 0 Å². The fourth-order valence-corrected chi connectivity index (χ4v) is 5.06. The van der Waals surface area contributed by atoms with Gasteiger partial charge in [0.1, 0.15) is 0 Å². The van der Waals surface area contributed by atoms with Gasteiger partial charge in [0.25, 0.3) is 0 Å². The molecule has 0 aromatic heterocycles. The fraction of sp³-hybridized carbons (Fsp3) is 0.909. The topological polar surface area (TPSA) is 80.3 Å². The predicted molar refractivity (Wildman–Crippen MR) is 118 cm³/mol. The number of esters is 2. The highest BCUT2D eigenvalue weighted by Crippen LogP contribution is 2.44. The molecule has 1 rings (SSSR count). The molecule has 0 saturated heterocycles. The van der Waals surface area contributed by atoms with Crippen molar-refractivity contribution < 1.29 is 33.0 Å². The first-order valence-corrected chi connectivity index (χ1v) is 13.9. The van der Waals surface area contributed by atoms with Gasteiger partial charge in [-0.05, 0) is 50.7 Å². The molecule has 1 unspecified atom stereocenters. The van der Waals surface area contributed by atoms with E-state index in [1.54, 1.807) is 0 Å². The van der Waals surface area contributed by atoms with Gasteiger partial charge in [-0.2, -0.15) is 0 Å². The Morgan fingerprint density at radius 3 is 2.13 bits per heavy atom. The van der Waals surface area contributed by atoms with Crippen molar-refractivity contribution in [2.24, 2.45) is 11.8 Å². The summed E-state index contributed by atoms with van der Waals surface area (Å²) in [7, 11) is -2.03. The van der Waals surface area contributed by atoms with Crippen LogP contribution in [0.1, 0.15) is 61.3 Å². The van der Waals surface area contributed by atoms with Gasteiger partial charge in [0, 0.05) is 26.4 Å². The molecule has 1 aliphatic rings. The van der Waals surface area contributed by atoms with E-state index in [0.29, 0.717) is 26.1 Å². The third kappa shape index (κ3) is 8.28. The normalized spacial score (nSPS) is 25.8. The fourth-order valence-electron chi connectivity index (χ4n) is 3.68. The number of carbonyl (C=O) groups excluding carboxylic acids is 2. The highest BCUT2D eigenvalue weighted by atomic mass is 28.4. The lowest BCUT2D eigenvalue weighted by atomic mass is 9.91. The maximum atomic E-state index is 11.5. The van der Waals surface area contributed by atoms with Crippen LogP contribution in [0.15, 0.2) is 0 Å². The Balaban J connectivity index is 3.10. The molecule has 176 valence electrons. The summed E-state index contributed by atoms with van der Waals surface area (Å²) in [5.41, 5.74) is 0. The van der Waals surface area contributed by atoms with Crippen LogP contribution in [0, 0.1) is 11.8 Å². The van der Waals surface area contributed by atoms with Crippen LogP contribution in [-0.4, -0.2) is 58.6 Å². The first-order chi connectivity index (χ1) is 13.8. The maximum Gasteiger partial charge on any atom is 0.302 e. The van der Waals surface area contributed by atoms with Crippen LogP contribution in [-0.2, 0) is 33.0 Å². The minimum atomic E-state index is -2.03. The van der Waals surface area contributed by atoms with Gasteiger partial charge in [-0.3, -0.25) is 9.59 Å². The van der Waals surface area contributed by atoms with Crippen LogP contribution in [0.4, 0.5) is 0 Å². The summed E-state index contributed by atoms with van der Waals surface area (Å²) in [6.07, 6.45) is 0.748. The molecule has 0 spiro atoms. The Hall–Kier alpha value is -0.963. The van der Waals surface area contributed by atoms with E-state index < -0.39 is 8.32 Å². The van der Waals surface area contributed by atoms with Gasteiger partial charge in [0.15, 0.2) is 14.6 Å². The monoisotopic (exact) mass is 446 g/mol. The van der Waals surface area contributed by atoms with Crippen molar-refractivity contribution in [1.82, 2.24) is 0 Å². The Morgan fingerprint density at radius 1 is 1.03 bits per heavy atom. The summed E-state index contributed by atoms with van der Waals surface area (Å²) >= 11 is 0. The number of hydrogen-bond donors (Lipinski definition) is 0. The predicted octanol–water partition coefficient (Wildman–Crippen LogP) is 4.30. The quantitative estimate of drug-likeness (QED) is 0.266. The van der Waals surface area contributed by atoms with Gasteiger partial charge in [-0.15, -0.1) is 0 Å². The van der Waals surface area contributed by atoms with Crippen molar-refractivity contribution >= 4 is 20.3 Å². The van der Waals surface area contributed by atoms with Crippen molar-refractivity contribution in [2.45, 2.75) is 97.9 Å². The van der Waals surface area contributed by atoms with Crippen LogP contribution >= 0.6 is 0 Å². The summed E-state index contributed by atoms with van der Waals surface area (Å²) < 4.78 is 29.2. The number of carbonyl (C=O) groups is 2. The average molecular weight is 447 g/mol. The molecule has 0 radical (unpaired) electrons. The Morgan fingerprint density at radius 2 is 1.63 bits per heavy atom. The molecule has 0 bridgehead atoms. The minimum Gasteiger partial charge on any atom is -0.466 e. The summed E-state index contributed by atoms with van der Waals surface area (Å²) in [6, 6.07) is 0. The van der Waals surface area contributed by atoms with E-state index in [0.717, 1.165) is 0 Å². The van der Waals surface area contributed by atoms with Gasteiger partial charge in [-0.25, -0.2) is 0 Å². The average Bonchev–Trinajstić information content (AvgIpc) is 2.87. The third-order valence-electron chi connectivity index (χ3n) is 6.23. The molecular weight excluding hydrogens is 404 g/mol. The van der Waals surface area contributed by atoms with Gasteiger partial charge in [0.05, 0.1) is 25.4 Å². The van der Waals surface area contributed by atoms with Crippen LogP contribution in [0.5, 0.6) is 0 Å². The van der Waals surface area contributed by atoms with E-state index >= 15 is 0 Å². The maximum absolute atomic E-state index is 11.5. The second-order valence-electron chi connectivity index (χ2n) is 9.61. The molecular formula is C22H42O7Si. The Bertz CT molecular complexity index is 558. The molecule has 5 atom stereocenters. The summed E-state index contributed by atoms with van der Waals surface area (Å²) in [5, 5.41) is 0.0658. The zero-order valence-electron chi connectivity index (χ0n) is 20.3. The lowest BCUT2D eigenvalue weighted by Gasteiger charge is -2.40. The Labute approximate surface area is 183 Å². The lowest BCUT2D eigenvalue weighted by Crippen LogP contribution is -2.45. The molecule has 1 saturated carbocycles. The largest absolute Gasteiger partial charge is 0.466 e. The van der Waals surface area contributed by atoms with E-state index in [1.165, 1.54) is 13.8 Å². The highest BCUT2D eigenvalue weighted by molar-refractivity contribution is 6.74. The molecule has 7 nitrogen and oxygen atoms in total. The molecule has 1 fully saturated rings. The third-order valence-corrected chi connectivity index (χ3v) is 10.7. The zero-order valence-corrected chi connectivity index (χ0v) is 21.3. The first kappa shape index (κ1) is 27.1. The van der Waals surface area contributed by atoms with Gasteiger partial charge < -0.3 is 23.4 Å². The summed E-state index contributed by atoms with van der Waals surface area (Å²) in [6.45, 7) is 18.8. The molecule has 0 N–H and O–H groups in total. The van der Waals surface area contributed by atoms with E-state index in [9.17, 15) is 9.59 Å². The van der Waals surface area contributed by atoms with E-state index in [-0.39, 0.29) is 53.9 Å². The summed E-state index contributed by atoms with van der Waals surface area (Å²) in [5.74, 6) is -0.623. The highest BCUT2D eigenvalue weighted by Gasteiger charge is 2.49. The number of rotatable bonds is 11. The van der Waals surface area contributed by atoms with Gasteiger partial charge in [-0.1, -0.05) is 20.8 Å². The van der Waals surface area contributed by atoms with E-state index in [2.05, 4.69) is 33.9 Å².